The maximum atomic E-state index is 13.7. The normalized spacial score (nSPS) is 12.1. The maximum Gasteiger partial charge on any atom is 0.165 e. The molecule has 2 aromatic rings. The third kappa shape index (κ3) is 3.07. The van der Waals surface area contributed by atoms with Crippen LogP contribution < -0.4 is 9.47 Å². The average molecular weight is 360 g/mol. The Morgan fingerprint density at radius 3 is 2.40 bits per heavy atom. The number of rotatable bonds is 4. The van der Waals surface area contributed by atoms with Gasteiger partial charge >= 0.3 is 0 Å². The summed E-state index contributed by atoms with van der Waals surface area (Å²) in [6, 6.07) is 10.2. The van der Waals surface area contributed by atoms with Gasteiger partial charge in [0.25, 0.3) is 0 Å². The van der Waals surface area contributed by atoms with E-state index in [9.17, 15) is 4.39 Å². The van der Waals surface area contributed by atoms with Gasteiger partial charge in [0.2, 0.25) is 0 Å². The van der Waals surface area contributed by atoms with Crippen molar-refractivity contribution in [2.75, 3.05) is 14.2 Å². The van der Waals surface area contributed by atoms with Gasteiger partial charge in [-0.25, -0.2) is 4.39 Å². The largest absolute Gasteiger partial charge is 0.497 e. The van der Waals surface area contributed by atoms with Crippen LogP contribution in [-0.2, 0) is 0 Å². The lowest BCUT2D eigenvalue weighted by atomic mass is 10.0. The van der Waals surface area contributed by atoms with E-state index in [-0.39, 0.29) is 5.75 Å². The fourth-order valence-electron chi connectivity index (χ4n) is 1.86. The Hall–Kier alpha value is -1.26. The van der Waals surface area contributed by atoms with Gasteiger partial charge in [-0.1, -0.05) is 28.1 Å². The minimum Gasteiger partial charge on any atom is -0.497 e. The highest BCUT2D eigenvalue weighted by Gasteiger charge is 2.16. The second kappa shape index (κ2) is 6.46. The Labute approximate surface area is 130 Å². The Balaban J connectivity index is 2.35. The summed E-state index contributed by atoms with van der Waals surface area (Å²) in [6.45, 7) is 0. The molecule has 0 heterocycles. The van der Waals surface area contributed by atoms with Crippen LogP contribution in [0.5, 0.6) is 11.5 Å². The SMILES string of the molecule is COc1ccc(C(Cl)c2ccc(OC)c(F)c2)c(Br)c1. The molecule has 2 nitrogen and oxygen atoms in total. The van der Waals surface area contributed by atoms with Gasteiger partial charge < -0.3 is 9.47 Å². The predicted molar refractivity (Wildman–Crippen MR) is 81.3 cm³/mol. The summed E-state index contributed by atoms with van der Waals surface area (Å²) in [5.74, 6) is 0.497. The topological polar surface area (TPSA) is 18.5 Å². The average Bonchev–Trinajstić information content (AvgIpc) is 2.46. The molecule has 0 N–H and O–H groups in total. The second-order valence-corrected chi connectivity index (χ2v) is 5.43. The standard InChI is InChI=1S/C15H13BrClFO2/c1-19-10-4-5-11(12(16)8-10)15(17)9-3-6-14(20-2)13(18)7-9/h3-8,15H,1-2H3. The molecule has 1 atom stereocenters. The van der Waals surface area contributed by atoms with Crippen LogP contribution >= 0.6 is 27.5 Å². The van der Waals surface area contributed by atoms with Gasteiger partial charge in [0.1, 0.15) is 5.75 Å². The Kier molecular flexibility index (Phi) is 4.89. The van der Waals surface area contributed by atoms with Crippen LogP contribution in [-0.4, -0.2) is 14.2 Å². The van der Waals surface area contributed by atoms with E-state index in [1.807, 2.05) is 18.2 Å². The van der Waals surface area contributed by atoms with Crippen molar-refractivity contribution in [3.63, 3.8) is 0 Å². The number of methoxy groups -OCH3 is 2. The molecule has 0 aliphatic carbocycles. The Morgan fingerprint density at radius 2 is 1.85 bits per heavy atom. The van der Waals surface area contributed by atoms with Gasteiger partial charge in [0.05, 0.1) is 19.6 Å². The first kappa shape index (κ1) is 15.1. The lowest BCUT2D eigenvalue weighted by molar-refractivity contribution is 0.386. The molecular formula is C15H13BrClFO2. The van der Waals surface area contributed by atoms with Crippen molar-refractivity contribution in [3.8, 4) is 11.5 Å². The molecule has 2 aromatic carbocycles. The van der Waals surface area contributed by atoms with E-state index in [4.69, 9.17) is 21.1 Å². The van der Waals surface area contributed by atoms with E-state index in [2.05, 4.69) is 15.9 Å². The predicted octanol–water partition coefficient (Wildman–Crippen LogP) is 4.93. The number of halogens is 3. The van der Waals surface area contributed by atoms with Crippen LogP contribution in [0, 0.1) is 5.82 Å². The maximum absolute atomic E-state index is 13.7. The summed E-state index contributed by atoms with van der Waals surface area (Å²) in [5.41, 5.74) is 1.51. The number of benzene rings is 2. The van der Waals surface area contributed by atoms with Gasteiger partial charge in [-0.2, -0.15) is 0 Å². The zero-order valence-corrected chi connectivity index (χ0v) is 13.3. The molecule has 0 saturated carbocycles. The molecule has 5 heteroatoms. The lowest BCUT2D eigenvalue weighted by Crippen LogP contribution is -1.97. The van der Waals surface area contributed by atoms with Gasteiger partial charge in [-0.15, -0.1) is 11.6 Å². The molecule has 20 heavy (non-hydrogen) atoms. The van der Waals surface area contributed by atoms with Crippen molar-refractivity contribution in [1.29, 1.82) is 0 Å². The summed E-state index contributed by atoms with van der Waals surface area (Å²) >= 11 is 9.87. The molecule has 0 spiro atoms. The smallest absolute Gasteiger partial charge is 0.165 e. The van der Waals surface area contributed by atoms with Crippen molar-refractivity contribution in [2.24, 2.45) is 0 Å². The third-order valence-corrected chi connectivity index (χ3v) is 4.12. The molecule has 0 aliphatic rings. The monoisotopic (exact) mass is 358 g/mol. The van der Waals surface area contributed by atoms with E-state index in [0.717, 1.165) is 15.8 Å². The summed E-state index contributed by atoms with van der Waals surface area (Å²) in [4.78, 5) is 0. The molecule has 0 fully saturated rings. The molecule has 0 bridgehead atoms. The van der Waals surface area contributed by atoms with Gasteiger partial charge in [0, 0.05) is 4.47 Å². The first-order valence-corrected chi connectivity index (χ1v) is 7.10. The van der Waals surface area contributed by atoms with E-state index in [1.165, 1.54) is 13.2 Å². The van der Waals surface area contributed by atoms with E-state index >= 15 is 0 Å². The van der Waals surface area contributed by atoms with E-state index < -0.39 is 11.2 Å². The molecule has 1 unspecified atom stereocenters. The van der Waals surface area contributed by atoms with E-state index in [1.54, 1.807) is 19.2 Å². The van der Waals surface area contributed by atoms with Crippen LogP contribution in [0.1, 0.15) is 16.5 Å². The first-order chi connectivity index (χ1) is 9.56. The Morgan fingerprint density at radius 1 is 1.10 bits per heavy atom. The molecule has 0 radical (unpaired) electrons. The Bertz CT molecular complexity index is 619. The van der Waals surface area contributed by atoms with E-state index in [0.29, 0.717) is 5.56 Å². The highest BCUT2D eigenvalue weighted by atomic mass is 79.9. The van der Waals surface area contributed by atoms with Crippen molar-refractivity contribution >= 4 is 27.5 Å². The molecule has 0 saturated heterocycles. The highest BCUT2D eigenvalue weighted by Crippen LogP contribution is 2.36. The number of alkyl halides is 1. The summed E-state index contributed by atoms with van der Waals surface area (Å²) in [6.07, 6.45) is 0. The van der Waals surface area contributed by atoms with Crippen molar-refractivity contribution in [1.82, 2.24) is 0 Å². The minimum absolute atomic E-state index is 0.200. The lowest BCUT2D eigenvalue weighted by Gasteiger charge is -2.14. The molecule has 2 rings (SSSR count). The number of hydrogen-bond donors (Lipinski definition) is 0. The van der Waals surface area contributed by atoms with Crippen LogP contribution in [0.3, 0.4) is 0 Å². The third-order valence-electron chi connectivity index (χ3n) is 2.95. The number of hydrogen-bond acceptors (Lipinski definition) is 2. The van der Waals surface area contributed by atoms with Crippen LogP contribution in [0.2, 0.25) is 0 Å². The van der Waals surface area contributed by atoms with Gasteiger partial charge in [0.15, 0.2) is 11.6 Å². The van der Waals surface area contributed by atoms with Crippen molar-refractivity contribution in [3.05, 3.63) is 57.8 Å². The van der Waals surface area contributed by atoms with Gasteiger partial charge in [-0.05, 0) is 35.4 Å². The fraction of sp³-hybridized carbons (Fsp3) is 0.200. The van der Waals surface area contributed by atoms with Gasteiger partial charge in [-0.3, -0.25) is 0 Å². The zero-order valence-electron chi connectivity index (χ0n) is 11.0. The summed E-state index contributed by atoms with van der Waals surface area (Å²) in [5, 5.41) is -0.462. The first-order valence-electron chi connectivity index (χ1n) is 5.87. The quantitative estimate of drug-likeness (QED) is 0.720. The molecule has 0 amide bonds. The molecule has 0 aromatic heterocycles. The van der Waals surface area contributed by atoms with Crippen molar-refractivity contribution in [2.45, 2.75) is 5.38 Å². The summed E-state index contributed by atoms with van der Waals surface area (Å²) < 4.78 is 24.6. The molecule has 106 valence electrons. The van der Waals surface area contributed by atoms with Crippen LogP contribution in [0.4, 0.5) is 4.39 Å². The highest BCUT2D eigenvalue weighted by molar-refractivity contribution is 9.10. The second-order valence-electron chi connectivity index (χ2n) is 4.14. The molecular weight excluding hydrogens is 347 g/mol. The zero-order chi connectivity index (χ0) is 14.7. The van der Waals surface area contributed by atoms with Crippen LogP contribution in [0.25, 0.3) is 0 Å². The van der Waals surface area contributed by atoms with Crippen LogP contribution in [0.15, 0.2) is 40.9 Å². The minimum atomic E-state index is -0.462. The summed E-state index contributed by atoms with van der Waals surface area (Å²) in [7, 11) is 3.02. The fourth-order valence-corrected chi connectivity index (χ4v) is 2.90. The molecule has 0 aliphatic heterocycles. The van der Waals surface area contributed by atoms with Crippen molar-refractivity contribution < 1.29 is 13.9 Å². The number of ether oxygens (including phenoxy) is 2.